The molecule has 0 saturated carbocycles. The van der Waals surface area contributed by atoms with Gasteiger partial charge in [0.1, 0.15) is 5.67 Å². The van der Waals surface area contributed by atoms with E-state index in [2.05, 4.69) is 4.72 Å². The lowest BCUT2D eigenvalue weighted by Crippen LogP contribution is -2.38. The summed E-state index contributed by atoms with van der Waals surface area (Å²) in [5.74, 6) is 0. The van der Waals surface area contributed by atoms with Gasteiger partial charge in [0.2, 0.25) is 0 Å². The normalized spacial score (nSPS) is 13.7. The first-order chi connectivity index (χ1) is 5.69. The van der Waals surface area contributed by atoms with Crippen LogP contribution in [0.25, 0.3) is 0 Å². The van der Waals surface area contributed by atoms with Gasteiger partial charge in [-0.25, -0.2) is 9.11 Å². The lowest BCUT2D eigenvalue weighted by Gasteiger charge is -2.20. The molecule has 0 heterocycles. The van der Waals surface area contributed by atoms with Crippen molar-refractivity contribution in [2.45, 2.75) is 25.9 Å². The van der Waals surface area contributed by atoms with Crippen molar-refractivity contribution in [1.82, 2.24) is 9.03 Å². The lowest BCUT2D eigenvalue weighted by molar-refractivity contribution is 0.190. The number of nitrogens with zero attached hydrogens (tertiary/aromatic N) is 1. The molecule has 0 amide bonds. The van der Waals surface area contributed by atoms with Gasteiger partial charge in [0.25, 0.3) is 10.2 Å². The van der Waals surface area contributed by atoms with Crippen LogP contribution in [0.5, 0.6) is 0 Å². The maximum atomic E-state index is 13.0. The molecule has 0 radical (unpaired) electrons. The highest BCUT2D eigenvalue weighted by molar-refractivity contribution is 7.87. The number of hydrogen-bond donors (Lipinski definition) is 1. The van der Waals surface area contributed by atoms with Crippen molar-refractivity contribution < 1.29 is 12.8 Å². The summed E-state index contributed by atoms with van der Waals surface area (Å²) in [4.78, 5) is 0. The van der Waals surface area contributed by atoms with Crippen molar-refractivity contribution >= 4 is 10.2 Å². The summed E-state index contributed by atoms with van der Waals surface area (Å²) < 4.78 is 38.5. The average Bonchev–Trinajstić information content (AvgIpc) is 1.98. The van der Waals surface area contributed by atoms with Crippen molar-refractivity contribution in [3.8, 4) is 0 Å². The predicted octanol–water partition coefficient (Wildman–Crippen LogP) is 0.521. The zero-order valence-corrected chi connectivity index (χ0v) is 9.28. The quantitative estimate of drug-likeness (QED) is 0.722. The minimum absolute atomic E-state index is 0.173. The Labute approximate surface area is 79.3 Å². The summed E-state index contributed by atoms with van der Waals surface area (Å²) >= 11 is 0. The highest BCUT2D eigenvalue weighted by atomic mass is 32.2. The van der Waals surface area contributed by atoms with Gasteiger partial charge in [-0.1, -0.05) is 0 Å². The number of nitrogens with one attached hydrogen (secondary N) is 1. The molecule has 80 valence electrons. The second-order valence-electron chi connectivity index (χ2n) is 3.50. The Morgan fingerprint density at radius 1 is 1.46 bits per heavy atom. The molecule has 0 fully saturated rings. The third-order valence-corrected chi connectivity index (χ3v) is 3.21. The van der Waals surface area contributed by atoms with Crippen LogP contribution in [0.4, 0.5) is 4.39 Å². The zero-order valence-electron chi connectivity index (χ0n) is 8.46. The van der Waals surface area contributed by atoms with E-state index >= 15 is 0 Å². The summed E-state index contributed by atoms with van der Waals surface area (Å²) in [5.41, 5.74) is -1.34. The molecule has 1 N–H and O–H groups in total. The molecule has 0 spiro atoms. The number of rotatable bonds is 5. The number of hydrogen-bond acceptors (Lipinski definition) is 2. The maximum absolute atomic E-state index is 13.0. The topological polar surface area (TPSA) is 49.4 Å². The highest BCUT2D eigenvalue weighted by Gasteiger charge is 2.20. The number of alkyl halides is 1. The smallest absolute Gasteiger partial charge is 0.244 e. The van der Waals surface area contributed by atoms with Crippen LogP contribution >= 0.6 is 0 Å². The lowest BCUT2D eigenvalue weighted by atomic mass is 10.1. The van der Waals surface area contributed by atoms with Crippen LogP contribution in [0.3, 0.4) is 0 Å². The van der Waals surface area contributed by atoms with Crippen LogP contribution in [0.2, 0.25) is 0 Å². The molecule has 13 heavy (non-hydrogen) atoms. The molecule has 4 nitrogen and oxygen atoms in total. The molecule has 0 unspecified atom stereocenters. The van der Waals surface area contributed by atoms with Crippen LogP contribution in [0.1, 0.15) is 20.3 Å². The summed E-state index contributed by atoms with van der Waals surface area (Å²) in [6.07, 6.45) is 0.185. The monoisotopic (exact) mass is 212 g/mol. The molecule has 0 aliphatic heterocycles. The highest BCUT2D eigenvalue weighted by Crippen LogP contribution is 2.14. The van der Waals surface area contributed by atoms with E-state index in [1.165, 1.54) is 27.9 Å². The zero-order chi connectivity index (χ0) is 10.7. The molecule has 0 saturated heterocycles. The first-order valence-corrected chi connectivity index (χ1v) is 5.47. The summed E-state index contributed by atoms with van der Waals surface area (Å²) in [6, 6.07) is 0. The summed E-state index contributed by atoms with van der Waals surface area (Å²) in [5, 5.41) is 0. The van der Waals surface area contributed by atoms with Gasteiger partial charge in [-0.15, -0.1) is 0 Å². The molecular formula is C7H17FN2O2S. The van der Waals surface area contributed by atoms with Crippen LogP contribution in [-0.2, 0) is 10.2 Å². The van der Waals surface area contributed by atoms with Gasteiger partial charge >= 0.3 is 0 Å². The van der Waals surface area contributed by atoms with E-state index in [0.29, 0.717) is 0 Å². The molecule has 0 aliphatic carbocycles. The molecule has 0 aromatic rings. The van der Waals surface area contributed by atoms with Gasteiger partial charge in [0.05, 0.1) is 0 Å². The van der Waals surface area contributed by atoms with Crippen molar-refractivity contribution in [2.75, 3.05) is 20.6 Å². The standard InChI is InChI=1S/C7H17FN2O2S/c1-7(2,8)5-6-10(4)13(11,12)9-3/h9H,5-6H2,1-4H3. The Hall–Kier alpha value is -0.200. The third-order valence-electron chi connectivity index (χ3n) is 1.69. The minimum Gasteiger partial charge on any atom is -0.244 e. The molecule has 0 atom stereocenters. The summed E-state index contributed by atoms with van der Waals surface area (Å²) in [6.45, 7) is 3.02. The van der Waals surface area contributed by atoms with Crippen LogP contribution in [0.15, 0.2) is 0 Å². The molecule has 0 rings (SSSR count). The van der Waals surface area contributed by atoms with Gasteiger partial charge in [-0.2, -0.15) is 12.7 Å². The van der Waals surface area contributed by atoms with Gasteiger partial charge < -0.3 is 0 Å². The van der Waals surface area contributed by atoms with E-state index in [-0.39, 0.29) is 13.0 Å². The van der Waals surface area contributed by atoms with Crippen molar-refractivity contribution in [2.24, 2.45) is 0 Å². The largest absolute Gasteiger partial charge is 0.278 e. The predicted molar refractivity (Wildman–Crippen MR) is 50.4 cm³/mol. The van der Waals surface area contributed by atoms with Crippen LogP contribution in [0, 0.1) is 0 Å². The first-order valence-electron chi connectivity index (χ1n) is 4.03. The van der Waals surface area contributed by atoms with E-state index < -0.39 is 15.9 Å². The van der Waals surface area contributed by atoms with Crippen LogP contribution < -0.4 is 4.72 Å². The van der Waals surface area contributed by atoms with Gasteiger partial charge in [0.15, 0.2) is 0 Å². The first kappa shape index (κ1) is 12.8. The Morgan fingerprint density at radius 2 is 1.92 bits per heavy atom. The Morgan fingerprint density at radius 3 is 2.23 bits per heavy atom. The molecular weight excluding hydrogens is 195 g/mol. The second-order valence-corrected chi connectivity index (χ2v) is 5.48. The fraction of sp³-hybridized carbons (Fsp3) is 1.00. The molecule has 0 aliphatic rings. The minimum atomic E-state index is -3.40. The van der Waals surface area contributed by atoms with Gasteiger partial charge in [-0.3, -0.25) is 0 Å². The fourth-order valence-electron chi connectivity index (χ4n) is 0.699. The van der Waals surface area contributed by atoms with E-state index in [4.69, 9.17) is 0 Å². The third kappa shape index (κ3) is 5.17. The molecule has 0 bridgehead atoms. The van der Waals surface area contributed by atoms with Gasteiger partial charge in [0, 0.05) is 20.6 Å². The van der Waals surface area contributed by atoms with E-state index in [1.807, 2.05) is 0 Å². The molecule has 6 heteroatoms. The van der Waals surface area contributed by atoms with Crippen molar-refractivity contribution in [3.63, 3.8) is 0 Å². The Kier molecular flexibility index (Phi) is 4.28. The molecule has 0 aromatic heterocycles. The number of halogens is 1. The van der Waals surface area contributed by atoms with E-state index in [9.17, 15) is 12.8 Å². The van der Waals surface area contributed by atoms with Crippen molar-refractivity contribution in [1.29, 1.82) is 0 Å². The van der Waals surface area contributed by atoms with Gasteiger partial charge in [-0.05, 0) is 20.3 Å². The SMILES string of the molecule is CNS(=O)(=O)N(C)CCC(C)(C)F. The average molecular weight is 212 g/mol. The van der Waals surface area contributed by atoms with Crippen LogP contribution in [-0.4, -0.2) is 39.0 Å². The fourth-order valence-corrected chi connectivity index (χ4v) is 1.34. The Bertz CT molecular complexity index is 246. The Balaban J connectivity index is 4.11. The maximum Gasteiger partial charge on any atom is 0.278 e. The molecule has 0 aromatic carbocycles. The summed E-state index contributed by atoms with van der Waals surface area (Å²) in [7, 11) is -0.664. The van der Waals surface area contributed by atoms with E-state index in [1.54, 1.807) is 0 Å². The second kappa shape index (κ2) is 4.34. The van der Waals surface area contributed by atoms with E-state index in [0.717, 1.165) is 4.31 Å². The van der Waals surface area contributed by atoms with Crippen molar-refractivity contribution in [3.05, 3.63) is 0 Å².